The maximum Gasteiger partial charge on any atom is 0.325 e. The molecule has 2 heterocycles. The summed E-state index contributed by atoms with van der Waals surface area (Å²) in [5.74, 6) is 0.617. The van der Waals surface area contributed by atoms with Crippen LogP contribution in [0, 0.1) is 13.8 Å². The van der Waals surface area contributed by atoms with E-state index in [1.54, 1.807) is 20.0 Å². The fourth-order valence-electron chi connectivity index (χ4n) is 3.07. The van der Waals surface area contributed by atoms with Gasteiger partial charge in [-0.15, -0.1) is 0 Å². The normalized spacial score (nSPS) is 19.3. The van der Waals surface area contributed by atoms with Gasteiger partial charge in [-0.1, -0.05) is 29.8 Å². The van der Waals surface area contributed by atoms with Gasteiger partial charge in [0.2, 0.25) is 5.91 Å². The van der Waals surface area contributed by atoms with Crippen LogP contribution in [0.3, 0.4) is 0 Å². The number of amides is 4. The van der Waals surface area contributed by atoms with Crippen LogP contribution in [0.4, 0.5) is 4.79 Å². The zero-order valence-corrected chi connectivity index (χ0v) is 15.9. The highest BCUT2D eigenvalue weighted by atomic mass is 16.3. The van der Waals surface area contributed by atoms with Gasteiger partial charge in [0.1, 0.15) is 23.6 Å². The molecule has 1 N–H and O–H groups in total. The predicted octanol–water partition coefficient (Wildman–Crippen LogP) is 2.32. The standard InChI is InChI=1S/C20H23N3O4/c1-13-5-8-15(9-6-13)20(3)18(25)23(19(26)21-20)12-17(24)22(4)11-16-10-7-14(2)27-16/h5-10H,11-12H2,1-4H3,(H,21,26). The SMILES string of the molecule is Cc1ccc(C2(C)NC(=O)N(CC(=O)N(C)Cc3ccc(C)o3)C2=O)cc1. The molecule has 4 amide bonds. The molecule has 7 heteroatoms. The lowest BCUT2D eigenvalue weighted by atomic mass is 9.91. The average Bonchev–Trinajstić information content (AvgIpc) is 3.12. The Bertz CT molecular complexity index is 887. The maximum absolute atomic E-state index is 12.9. The van der Waals surface area contributed by atoms with Crippen LogP contribution in [0.25, 0.3) is 0 Å². The van der Waals surface area contributed by atoms with E-state index in [1.807, 2.05) is 44.2 Å². The Morgan fingerprint density at radius 3 is 2.41 bits per heavy atom. The Labute approximate surface area is 157 Å². The van der Waals surface area contributed by atoms with Gasteiger partial charge in [-0.05, 0) is 38.5 Å². The van der Waals surface area contributed by atoms with Crippen molar-refractivity contribution in [3.8, 4) is 0 Å². The van der Waals surface area contributed by atoms with Crippen molar-refractivity contribution < 1.29 is 18.8 Å². The van der Waals surface area contributed by atoms with Gasteiger partial charge in [0.05, 0.1) is 6.54 Å². The van der Waals surface area contributed by atoms with Gasteiger partial charge in [-0.2, -0.15) is 0 Å². The highest BCUT2D eigenvalue weighted by Crippen LogP contribution is 2.29. The van der Waals surface area contributed by atoms with Crippen molar-refractivity contribution >= 4 is 17.8 Å². The second-order valence-corrected chi connectivity index (χ2v) is 7.07. The van der Waals surface area contributed by atoms with Crippen LogP contribution in [-0.4, -0.2) is 41.2 Å². The number of likely N-dealkylation sites (N-methyl/N-ethyl adjacent to an activating group) is 1. The minimum Gasteiger partial charge on any atom is -0.464 e. The number of rotatable bonds is 5. The smallest absolute Gasteiger partial charge is 0.325 e. The minimum atomic E-state index is -1.18. The Morgan fingerprint density at radius 1 is 1.15 bits per heavy atom. The number of carbonyl (C=O) groups is 3. The molecule has 1 aliphatic rings. The summed E-state index contributed by atoms with van der Waals surface area (Å²) in [4.78, 5) is 40.2. The zero-order valence-electron chi connectivity index (χ0n) is 15.9. The number of hydrogen-bond acceptors (Lipinski definition) is 4. The molecule has 1 fully saturated rings. The monoisotopic (exact) mass is 369 g/mol. The first-order valence-corrected chi connectivity index (χ1v) is 8.71. The molecule has 0 radical (unpaired) electrons. The van der Waals surface area contributed by atoms with Crippen LogP contribution in [0.5, 0.6) is 0 Å². The summed E-state index contributed by atoms with van der Waals surface area (Å²) in [7, 11) is 1.61. The Morgan fingerprint density at radius 2 is 1.81 bits per heavy atom. The molecule has 0 spiro atoms. The van der Waals surface area contributed by atoms with Gasteiger partial charge in [-0.3, -0.25) is 14.5 Å². The van der Waals surface area contributed by atoms with Gasteiger partial charge >= 0.3 is 6.03 Å². The van der Waals surface area contributed by atoms with Crippen LogP contribution >= 0.6 is 0 Å². The zero-order chi connectivity index (χ0) is 19.8. The van der Waals surface area contributed by atoms with E-state index in [0.717, 1.165) is 16.2 Å². The number of hydrogen-bond donors (Lipinski definition) is 1. The fraction of sp³-hybridized carbons (Fsp3) is 0.350. The molecule has 2 aromatic rings. The van der Waals surface area contributed by atoms with Gasteiger partial charge in [-0.25, -0.2) is 4.79 Å². The first-order valence-electron chi connectivity index (χ1n) is 8.71. The summed E-state index contributed by atoms with van der Waals surface area (Å²) in [5.41, 5.74) is 0.559. The molecule has 3 rings (SSSR count). The van der Waals surface area contributed by atoms with E-state index in [2.05, 4.69) is 5.32 Å². The van der Waals surface area contributed by atoms with Crippen LogP contribution in [0.15, 0.2) is 40.8 Å². The number of nitrogens with one attached hydrogen (secondary N) is 1. The lowest BCUT2D eigenvalue weighted by Gasteiger charge is -2.23. The second kappa shape index (κ2) is 6.90. The average molecular weight is 369 g/mol. The molecule has 1 saturated heterocycles. The molecular weight excluding hydrogens is 346 g/mol. The van der Waals surface area contributed by atoms with Gasteiger partial charge in [0.25, 0.3) is 5.91 Å². The topological polar surface area (TPSA) is 82.9 Å². The molecule has 0 bridgehead atoms. The number of imide groups is 1. The lowest BCUT2D eigenvalue weighted by Crippen LogP contribution is -2.43. The van der Waals surface area contributed by atoms with E-state index in [9.17, 15) is 14.4 Å². The molecule has 142 valence electrons. The van der Waals surface area contributed by atoms with Crippen molar-refractivity contribution in [2.75, 3.05) is 13.6 Å². The molecule has 7 nitrogen and oxygen atoms in total. The van der Waals surface area contributed by atoms with E-state index < -0.39 is 17.5 Å². The number of benzene rings is 1. The Balaban J connectivity index is 1.71. The maximum atomic E-state index is 12.9. The van der Waals surface area contributed by atoms with Crippen LogP contribution in [-0.2, 0) is 21.7 Å². The quantitative estimate of drug-likeness (QED) is 0.820. The van der Waals surface area contributed by atoms with Crippen molar-refractivity contribution in [2.24, 2.45) is 0 Å². The third-order valence-corrected chi connectivity index (χ3v) is 4.81. The van der Waals surface area contributed by atoms with E-state index in [-0.39, 0.29) is 19.0 Å². The molecule has 27 heavy (non-hydrogen) atoms. The number of nitrogens with zero attached hydrogens (tertiary/aromatic N) is 2. The Hall–Kier alpha value is -3.09. The Kier molecular flexibility index (Phi) is 4.78. The third-order valence-electron chi connectivity index (χ3n) is 4.81. The van der Waals surface area contributed by atoms with E-state index in [0.29, 0.717) is 11.3 Å². The number of furan rings is 1. The molecule has 1 atom stereocenters. The summed E-state index contributed by atoms with van der Waals surface area (Å²) in [6.07, 6.45) is 0. The van der Waals surface area contributed by atoms with Crippen molar-refractivity contribution in [3.63, 3.8) is 0 Å². The van der Waals surface area contributed by atoms with Crippen LogP contribution < -0.4 is 5.32 Å². The molecule has 1 aliphatic heterocycles. The van der Waals surface area contributed by atoms with Crippen LogP contribution in [0.2, 0.25) is 0 Å². The van der Waals surface area contributed by atoms with Crippen molar-refractivity contribution in [1.29, 1.82) is 0 Å². The van der Waals surface area contributed by atoms with Crippen molar-refractivity contribution in [2.45, 2.75) is 32.9 Å². The first kappa shape index (κ1) is 18.7. The van der Waals surface area contributed by atoms with Crippen molar-refractivity contribution in [1.82, 2.24) is 15.1 Å². The van der Waals surface area contributed by atoms with E-state index in [4.69, 9.17) is 4.42 Å². The number of aryl methyl sites for hydroxylation is 2. The number of urea groups is 1. The summed E-state index contributed by atoms with van der Waals surface area (Å²) in [6, 6.07) is 10.4. The summed E-state index contributed by atoms with van der Waals surface area (Å²) in [6.45, 7) is 5.37. The molecule has 0 saturated carbocycles. The molecule has 0 aliphatic carbocycles. The van der Waals surface area contributed by atoms with Gasteiger partial charge < -0.3 is 14.6 Å². The largest absolute Gasteiger partial charge is 0.464 e. The van der Waals surface area contributed by atoms with E-state index >= 15 is 0 Å². The van der Waals surface area contributed by atoms with Gasteiger partial charge in [0.15, 0.2) is 0 Å². The minimum absolute atomic E-state index is 0.269. The van der Waals surface area contributed by atoms with Gasteiger partial charge in [0, 0.05) is 7.05 Å². The second-order valence-electron chi connectivity index (χ2n) is 7.07. The molecule has 1 aromatic heterocycles. The first-order chi connectivity index (χ1) is 12.7. The summed E-state index contributed by atoms with van der Waals surface area (Å²) < 4.78 is 5.46. The summed E-state index contributed by atoms with van der Waals surface area (Å²) in [5, 5.41) is 2.71. The highest BCUT2D eigenvalue weighted by molar-refractivity contribution is 6.09. The van der Waals surface area contributed by atoms with Crippen LogP contribution in [0.1, 0.15) is 29.6 Å². The van der Waals surface area contributed by atoms with Crippen molar-refractivity contribution in [3.05, 3.63) is 59.0 Å². The number of carbonyl (C=O) groups excluding carboxylic acids is 3. The highest BCUT2D eigenvalue weighted by Gasteiger charge is 2.49. The van der Waals surface area contributed by atoms with E-state index in [1.165, 1.54) is 4.90 Å². The molecular formula is C20H23N3O4. The summed E-state index contributed by atoms with van der Waals surface area (Å²) >= 11 is 0. The fourth-order valence-corrected chi connectivity index (χ4v) is 3.07. The molecule has 1 aromatic carbocycles. The molecule has 1 unspecified atom stereocenters. The third kappa shape index (κ3) is 3.58. The predicted molar refractivity (Wildman–Crippen MR) is 98.7 cm³/mol. The lowest BCUT2D eigenvalue weighted by molar-refractivity contribution is -0.138.